The highest BCUT2D eigenvalue weighted by molar-refractivity contribution is 5.94. The van der Waals surface area contributed by atoms with E-state index in [1.165, 1.54) is 0 Å². The van der Waals surface area contributed by atoms with Crippen LogP contribution in [0.4, 0.5) is 0 Å². The molecule has 0 aliphatic heterocycles. The second-order valence-electron chi connectivity index (χ2n) is 4.08. The molecule has 5 N–H and O–H groups in total. The molecule has 0 aromatic heterocycles. The molecule has 0 fully saturated rings. The highest BCUT2D eigenvalue weighted by Crippen LogP contribution is 2.16. The number of nitrogens with one attached hydrogen (secondary N) is 1. The highest BCUT2D eigenvalue weighted by atomic mass is 16.1. The summed E-state index contributed by atoms with van der Waals surface area (Å²) in [6.07, 6.45) is 0.939. The van der Waals surface area contributed by atoms with Crippen LogP contribution in [0.15, 0.2) is 29.3 Å². The molecule has 0 saturated heterocycles. The number of carbonyl (C=O) groups is 1. The minimum absolute atomic E-state index is 0.116. The number of benzene rings is 1. The molecule has 1 amide bonds. The summed E-state index contributed by atoms with van der Waals surface area (Å²) in [7, 11) is 0. The van der Waals surface area contributed by atoms with E-state index >= 15 is 0 Å². The second kappa shape index (κ2) is 6.64. The number of nitrogens with two attached hydrogens (primary N) is 2. The van der Waals surface area contributed by atoms with Gasteiger partial charge >= 0.3 is 0 Å². The van der Waals surface area contributed by atoms with Gasteiger partial charge in [0.25, 0.3) is 0 Å². The van der Waals surface area contributed by atoms with Crippen LogP contribution in [0.2, 0.25) is 0 Å². The Kier molecular flexibility index (Phi) is 5.17. The van der Waals surface area contributed by atoms with Gasteiger partial charge in [0, 0.05) is 12.1 Å². The molecule has 1 unspecified atom stereocenters. The Hall–Kier alpha value is -2.04. The van der Waals surface area contributed by atoms with Crippen LogP contribution >= 0.6 is 0 Å². The van der Waals surface area contributed by atoms with Crippen molar-refractivity contribution in [3.8, 4) is 0 Å². The van der Waals surface area contributed by atoms with Gasteiger partial charge in [-0.3, -0.25) is 9.79 Å². The molecule has 0 aliphatic rings. The number of hydrogen-bond acceptors (Lipinski definition) is 2. The molecule has 0 radical (unpaired) electrons. The highest BCUT2D eigenvalue weighted by Gasteiger charge is 2.13. The van der Waals surface area contributed by atoms with E-state index in [0.717, 1.165) is 12.0 Å². The summed E-state index contributed by atoms with van der Waals surface area (Å²) < 4.78 is 0. The van der Waals surface area contributed by atoms with Gasteiger partial charge in [0.2, 0.25) is 5.91 Å². The Bertz CT molecular complexity index is 442. The lowest BCUT2D eigenvalue weighted by Crippen LogP contribution is -2.34. The molecule has 1 rings (SSSR count). The molecule has 0 aliphatic carbocycles. The van der Waals surface area contributed by atoms with Crippen LogP contribution in [0.3, 0.4) is 0 Å². The molecule has 0 saturated carbocycles. The molecule has 0 heterocycles. The zero-order valence-electron chi connectivity index (χ0n) is 10.8. The van der Waals surface area contributed by atoms with Crippen molar-refractivity contribution in [3.05, 3.63) is 35.4 Å². The van der Waals surface area contributed by atoms with Crippen LogP contribution in [0.5, 0.6) is 0 Å². The lowest BCUT2D eigenvalue weighted by molar-refractivity contribution is 0.0999. The Morgan fingerprint density at radius 3 is 2.67 bits per heavy atom. The summed E-state index contributed by atoms with van der Waals surface area (Å²) in [5, 5.41) is 3.05. The predicted molar refractivity (Wildman–Crippen MR) is 73.3 cm³/mol. The third kappa shape index (κ3) is 3.76. The smallest absolute Gasteiger partial charge is 0.249 e. The molecular weight excluding hydrogens is 228 g/mol. The van der Waals surface area contributed by atoms with Crippen molar-refractivity contribution < 1.29 is 4.79 Å². The number of amides is 1. The zero-order valence-corrected chi connectivity index (χ0v) is 10.8. The number of aliphatic imine (C=N–C) groups is 1. The number of rotatable bonds is 5. The second-order valence-corrected chi connectivity index (χ2v) is 4.08. The van der Waals surface area contributed by atoms with Gasteiger partial charge in [-0.1, -0.05) is 25.1 Å². The molecule has 18 heavy (non-hydrogen) atoms. The third-order valence-electron chi connectivity index (χ3n) is 2.56. The zero-order chi connectivity index (χ0) is 13.5. The molecule has 1 aromatic carbocycles. The maximum absolute atomic E-state index is 11.3. The average Bonchev–Trinajstić information content (AvgIpc) is 2.36. The number of nitrogens with zero attached hydrogens (tertiary/aromatic N) is 1. The first-order chi connectivity index (χ1) is 8.56. The summed E-state index contributed by atoms with van der Waals surface area (Å²) in [5.41, 5.74) is 12.4. The van der Waals surface area contributed by atoms with E-state index in [-0.39, 0.29) is 6.04 Å². The minimum atomic E-state index is -0.441. The Labute approximate surface area is 107 Å². The van der Waals surface area contributed by atoms with Crippen molar-refractivity contribution >= 4 is 11.9 Å². The van der Waals surface area contributed by atoms with E-state index in [9.17, 15) is 4.79 Å². The van der Waals surface area contributed by atoms with E-state index in [1.54, 1.807) is 12.1 Å². The molecular formula is C13H20N4O. The fourth-order valence-electron chi connectivity index (χ4n) is 1.68. The van der Waals surface area contributed by atoms with Gasteiger partial charge in [-0.25, -0.2) is 0 Å². The Morgan fingerprint density at radius 1 is 1.39 bits per heavy atom. The number of primary amides is 1. The van der Waals surface area contributed by atoms with Gasteiger partial charge in [-0.15, -0.1) is 0 Å². The Balaban J connectivity index is 2.84. The minimum Gasteiger partial charge on any atom is -0.370 e. The van der Waals surface area contributed by atoms with Gasteiger partial charge < -0.3 is 16.8 Å². The summed E-state index contributed by atoms with van der Waals surface area (Å²) in [4.78, 5) is 15.5. The standard InChI is InChI=1S/C13H20N4O/c1-3-8-16-13(15)17-9(2)10-6-4-5-7-11(10)12(14)18/h4-7,9H,3,8H2,1-2H3,(H2,14,18)(H3,15,16,17). The summed E-state index contributed by atoms with van der Waals surface area (Å²) in [6, 6.07) is 7.08. The summed E-state index contributed by atoms with van der Waals surface area (Å²) >= 11 is 0. The molecule has 1 aromatic rings. The van der Waals surface area contributed by atoms with Crippen molar-refractivity contribution in [2.75, 3.05) is 6.54 Å². The van der Waals surface area contributed by atoms with E-state index in [1.807, 2.05) is 26.0 Å². The predicted octanol–water partition coefficient (Wildman–Crippen LogP) is 1.16. The number of carbonyl (C=O) groups excluding carboxylic acids is 1. The largest absolute Gasteiger partial charge is 0.370 e. The maximum Gasteiger partial charge on any atom is 0.249 e. The van der Waals surface area contributed by atoms with E-state index in [0.29, 0.717) is 18.1 Å². The normalized spacial score (nSPS) is 13.1. The van der Waals surface area contributed by atoms with Crippen molar-refractivity contribution in [1.82, 2.24) is 5.32 Å². The number of guanidine groups is 1. The van der Waals surface area contributed by atoms with Crippen LogP contribution in [0.25, 0.3) is 0 Å². The molecule has 98 valence electrons. The van der Waals surface area contributed by atoms with Gasteiger partial charge in [0.05, 0.1) is 6.04 Å². The lowest BCUT2D eigenvalue weighted by Gasteiger charge is -2.17. The van der Waals surface area contributed by atoms with Gasteiger partial charge in [-0.2, -0.15) is 0 Å². The van der Waals surface area contributed by atoms with Crippen molar-refractivity contribution in [3.63, 3.8) is 0 Å². The van der Waals surface area contributed by atoms with Crippen molar-refractivity contribution in [2.24, 2.45) is 16.5 Å². The first-order valence-corrected chi connectivity index (χ1v) is 6.01. The lowest BCUT2D eigenvalue weighted by atomic mass is 10.0. The third-order valence-corrected chi connectivity index (χ3v) is 2.56. The van der Waals surface area contributed by atoms with Crippen molar-refractivity contribution in [1.29, 1.82) is 0 Å². The monoisotopic (exact) mass is 248 g/mol. The van der Waals surface area contributed by atoms with E-state index < -0.39 is 5.91 Å². The van der Waals surface area contributed by atoms with Crippen LogP contribution in [0.1, 0.15) is 42.2 Å². The fourth-order valence-corrected chi connectivity index (χ4v) is 1.68. The first kappa shape index (κ1) is 14.0. The molecule has 0 spiro atoms. The van der Waals surface area contributed by atoms with E-state index in [4.69, 9.17) is 11.5 Å². The molecule has 5 nitrogen and oxygen atoms in total. The van der Waals surface area contributed by atoms with E-state index in [2.05, 4.69) is 10.3 Å². The first-order valence-electron chi connectivity index (χ1n) is 6.01. The van der Waals surface area contributed by atoms with Crippen molar-refractivity contribution in [2.45, 2.75) is 26.3 Å². The van der Waals surface area contributed by atoms with Gasteiger partial charge in [0.15, 0.2) is 5.96 Å². The quantitative estimate of drug-likeness (QED) is 0.539. The van der Waals surface area contributed by atoms with Crippen LogP contribution in [-0.2, 0) is 0 Å². The number of hydrogen-bond donors (Lipinski definition) is 3. The SMILES string of the molecule is CCCN=C(N)NC(C)c1ccccc1C(N)=O. The summed E-state index contributed by atoms with van der Waals surface area (Å²) in [5.74, 6) is -0.0630. The summed E-state index contributed by atoms with van der Waals surface area (Å²) in [6.45, 7) is 4.63. The fraction of sp³-hybridized carbons (Fsp3) is 0.385. The molecule has 0 bridgehead atoms. The van der Waals surface area contributed by atoms with Crippen LogP contribution < -0.4 is 16.8 Å². The Morgan fingerprint density at radius 2 is 2.06 bits per heavy atom. The topological polar surface area (TPSA) is 93.5 Å². The molecule has 5 heteroatoms. The van der Waals surface area contributed by atoms with Gasteiger partial charge in [0.1, 0.15) is 0 Å². The van der Waals surface area contributed by atoms with Crippen LogP contribution in [0, 0.1) is 0 Å². The van der Waals surface area contributed by atoms with Gasteiger partial charge in [-0.05, 0) is 25.0 Å². The maximum atomic E-state index is 11.3. The molecule has 1 atom stereocenters. The van der Waals surface area contributed by atoms with Crippen LogP contribution in [-0.4, -0.2) is 18.4 Å². The average molecular weight is 248 g/mol.